The van der Waals surface area contributed by atoms with Crippen molar-refractivity contribution in [1.29, 1.82) is 0 Å². The predicted octanol–water partition coefficient (Wildman–Crippen LogP) is 4.12. The van der Waals surface area contributed by atoms with Gasteiger partial charge in [-0.1, -0.05) is 30.3 Å². The number of hydrogen-bond donors (Lipinski definition) is 0. The fraction of sp³-hybridized carbons (Fsp3) is 0.143. The molecule has 0 amide bonds. The first kappa shape index (κ1) is 18.3. The summed E-state index contributed by atoms with van der Waals surface area (Å²) in [5, 5.41) is 0. The summed E-state index contributed by atoms with van der Waals surface area (Å²) in [4.78, 5) is 16.1. The molecule has 0 spiro atoms. The highest BCUT2D eigenvalue weighted by atomic mass is 16.5. The summed E-state index contributed by atoms with van der Waals surface area (Å²) in [6.07, 6.45) is 4.56. The van der Waals surface area contributed by atoms with Gasteiger partial charge in [0.2, 0.25) is 5.89 Å². The minimum atomic E-state index is -0.503. The Kier molecular flexibility index (Phi) is 5.89. The zero-order valence-electron chi connectivity index (χ0n) is 15.0. The van der Waals surface area contributed by atoms with Gasteiger partial charge in [0.1, 0.15) is 11.5 Å². The number of benzene rings is 2. The van der Waals surface area contributed by atoms with Gasteiger partial charge >= 0.3 is 5.97 Å². The van der Waals surface area contributed by atoms with E-state index >= 15 is 0 Å². The van der Waals surface area contributed by atoms with Gasteiger partial charge < -0.3 is 18.6 Å². The van der Waals surface area contributed by atoms with Crippen molar-refractivity contribution >= 4 is 12.0 Å². The number of ether oxygens (including phenoxy) is 3. The molecule has 0 saturated heterocycles. The maximum Gasteiger partial charge on any atom is 0.331 e. The molecule has 0 fully saturated rings. The van der Waals surface area contributed by atoms with Crippen LogP contribution in [0.2, 0.25) is 0 Å². The minimum Gasteiger partial charge on any atom is -0.497 e. The number of aromatic nitrogens is 1. The molecule has 138 valence electrons. The fourth-order valence-corrected chi connectivity index (χ4v) is 2.38. The number of rotatable bonds is 7. The molecule has 0 atom stereocenters. The number of esters is 1. The quantitative estimate of drug-likeness (QED) is 0.463. The van der Waals surface area contributed by atoms with Crippen LogP contribution in [0.15, 0.2) is 65.2 Å². The third kappa shape index (κ3) is 4.98. The van der Waals surface area contributed by atoms with Crippen LogP contribution in [0.1, 0.15) is 11.5 Å². The van der Waals surface area contributed by atoms with Crippen molar-refractivity contribution in [3.05, 3.63) is 72.3 Å². The van der Waals surface area contributed by atoms with Crippen molar-refractivity contribution in [2.24, 2.45) is 0 Å². The molecule has 6 heteroatoms. The first-order valence-electron chi connectivity index (χ1n) is 8.26. The van der Waals surface area contributed by atoms with Gasteiger partial charge in [0.25, 0.3) is 0 Å². The Morgan fingerprint density at radius 1 is 1.07 bits per heavy atom. The molecule has 1 aromatic heterocycles. The van der Waals surface area contributed by atoms with Gasteiger partial charge in [0.05, 0.1) is 20.4 Å². The highest BCUT2D eigenvalue weighted by Gasteiger charge is 2.08. The van der Waals surface area contributed by atoms with E-state index in [1.165, 1.54) is 6.08 Å². The predicted molar refractivity (Wildman–Crippen MR) is 100 cm³/mol. The lowest BCUT2D eigenvalue weighted by Gasteiger charge is -2.05. The second kappa shape index (κ2) is 8.71. The SMILES string of the molecule is COc1cc(/C=C/C(=O)OCc2ncc(-c3ccccc3)o2)cc(OC)c1. The van der Waals surface area contributed by atoms with Gasteiger partial charge in [-0.25, -0.2) is 9.78 Å². The summed E-state index contributed by atoms with van der Waals surface area (Å²) in [5.41, 5.74) is 1.67. The van der Waals surface area contributed by atoms with Crippen LogP contribution in [-0.2, 0) is 16.1 Å². The number of methoxy groups -OCH3 is 2. The number of carbonyl (C=O) groups is 1. The van der Waals surface area contributed by atoms with E-state index in [-0.39, 0.29) is 6.61 Å². The Balaban J connectivity index is 1.59. The summed E-state index contributed by atoms with van der Waals surface area (Å²) in [5.74, 6) is 1.72. The topological polar surface area (TPSA) is 70.8 Å². The first-order chi connectivity index (χ1) is 13.2. The molecule has 0 saturated carbocycles. The molecule has 0 unspecified atom stereocenters. The minimum absolute atomic E-state index is 0.0442. The number of hydrogen-bond acceptors (Lipinski definition) is 6. The standard InChI is InChI=1S/C21H19NO5/c1-24-17-10-15(11-18(12-17)25-2)8-9-21(23)26-14-20-22-13-19(27-20)16-6-4-3-5-7-16/h3-13H,14H2,1-2H3/b9-8+. The Hall–Kier alpha value is -3.54. The van der Waals surface area contributed by atoms with Crippen molar-refractivity contribution in [1.82, 2.24) is 4.98 Å². The average Bonchev–Trinajstić information content (AvgIpc) is 3.20. The van der Waals surface area contributed by atoms with Crippen LogP contribution in [0.5, 0.6) is 11.5 Å². The third-order valence-electron chi connectivity index (χ3n) is 3.74. The summed E-state index contributed by atoms with van der Waals surface area (Å²) in [6, 6.07) is 14.9. The number of nitrogens with zero attached hydrogens (tertiary/aromatic N) is 1. The van der Waals surface area contributed by atoms with E-state index in [0.29, 0.717) is 23.1 Å². The molecule has 3 rings (SSSR count). The highest BCUT2D eigenvalue weighted by molar-refractivity contribution is 5.87. The molecule has 1 heterocycles. The van der Waals surface area contributed by atoms with Crippen molar-refractivity contribution in [2.45, 2.75) is 6.61 Å². The molecule has 6 nitrogen and oxygen atoms in total. The molecule has 0 radical (unpaired) electrons. The van der Waals surface area contributed by atoms with Gasteiger partial charge in [-0.2, -0.15) is 0 Å². The van der Waals surface area contributed by atoms with Crippen LogP contribution in [0, 0.1) is 0 Å². The van der Waals surface area contributed by atoms with Crippen LogP contribution < -0.4 is 9.47 Å². The van der Waals surface area contributed by atoms with Crippen LogP contribution in [0.3, 0.4) is 0 Å². The van der Waals surface area contributed by atoms with E-state index < -0.39 is 5.97 Å². The molecular weight excluding hydrogens is 346 g/mol. The second-order valence-electron chi connectivity index (χ2n) is 5.57. The Bertz CT molecular complexity index is 909. The van der Waals surface area contributed by atoms with Gasteiger partial charge in [-0.3, -0.25) is 0 Å². The summed E-state index contributed by atoms with van der Waals surface area (Å²) in [7, 11) is 3.13. The van der Waals surface area contributed by atoms with E-state index in [0.717, 1.165) is 11.1 Å². The number of carbonyl (C=O) groups excluding carboxylic acids is 1. The zero-order valence-corrected chi connectivity index (χ0v) is 15.0. The Morgan fingerprint density at radius 2 is 1.78 bits per heavy atom. The lowest BCUT2D eigenvalue weighted by atomic mass is 10.2. The van der Waals surface area contributed by atoms with Crippen molar-refractivity contribution < 1.29 is 23.4 Å². The van der Waals surface area contributed by atoms with Crippen molar-refractivity contribution in [3.8, 4) is 22.8 Å². The van der Waals surface area contributed by atoms with Crippen LogP contribution in [0.25, 0.3) is 17.4 Å². The van der Waals surface area contributed by atoms with Crippen LogP contribution in [0.4, 0.5) is 0 Å². The lowest BCUT2D eigenvalue weighted by Crippen LogP contribution is -2.00. The molecule has 0 N–H and O–H groups in total. The summed E-state index contributed by atoms with van der Waals surface area (Å²) in [6.45, 7) is -0.0442. The zero-order chi connectivity index (χ0) is 19.1. The van der Waals surface area contributed by atoms with Crippen LogP contribution in [-0.4, -0.2) is 25.2 Å². The van der Waals surface area contributed by atoms with Crippen molar-refractivity contribution in [2.75, 3.05) is 14.2 Å². The molecule has 2 aromatic carbocycles. The molecular formula is C21H19NO5. The van der Waals surface area contributed by atoms with Gasteiger partial charge in [-0.05, 0) is 23.8 Å². The third-order valence-corrected chi connectivity index (χ3v) is 3.74. The van der Waals surface area contributed by atoms with E-state index in [2.05, 4.69) is 4.98 Å². The molecule has 0 aliphatic heterocycles. The fourth-order valence-electron chi connectivity index (χ4n) is 2.38. The van der Waals surface area contributed by atoms with E-state index in [1.807, 2.05) is 30.3 Å². The highest BCUT2D eigenvalue weighted by Crippen LogP contribution is 2.23. The Morgan fingerprint density at radius 3 is 2.44 bits per heavy atom. The summed E-state index contributed by atoms with van der Waals surface area (Å²) >= 11 is 0. The average molecular weight is 365 g/mol. The molecule has 0 bridgehead atoms. The first-order valence-corrected chi connectivity index (χ1v) is 8.26. The normalized spacial score (nSPS) is 10.7. The monoisotopic (exact) mass is 365 g/mol. The van der Waals surface area contributed by atoms with Gasteiger partial charge in [-0.15, -0.1) is 0 Å². The van der Waals surface area contributed by atoms with Gasteiger partial charge in [0.15, 0.2) is 12.4 Å². The molecule has 0 aliphatic carbocycles. The lowest BCUT2D eigenvalue weighted by molar-refractivity contribution is -0.139. The second-order valence-corrected chi connectivity index (χ2v) is 5.57. The van der Waals surface area contributed by atoms with E-state index in [1.54, 1.807) is 44.7 Å². The maximum absolute atomic E-state index is 11.9. The van der Waals surface area contributed by atoms with Crippen LogP contribution >= 0.6 is 0 Å². The molecule has 0 aliphatic rings. The maximum atomic E-state index is 11.9. The van der Waals surface area contributed by atoms with Gasteiger partial charge in [0, 0.05) is 17.7 Å². The van der Waals surface area contributed by atoms with Crippen molar-refractivity contribution in [3.63, 3.8) is 0 Å². The van der Waals surface area contributed by atoms with E-state index in [9.17, 15) is 4.79 Å². The largest absolute Gasteiger partial charge is 0.497 e. The van der Waals surface area contributed by atoms with E-state index in [4.69, 9.17) is 18.6 Å². The smallest absolute Gasteiger partial charge is 0.331 e. The number of oxazole rings is 1. The molecule has 3 aromatic rings. The Labute approximate surface area is 157 Å². The summed E-state index contributed by atoms with van der Waals surface area (Å²) < 4.78 is 21.2. The molecule has 27 heavy (non-hydrogen) atoms.